The second-order valence-corrected chi connectivity index (χ2v) is 7.12. The first-order chi connectivity index (χ1) is 11.8. The normalized spacial score (nSPS) is 31.2. The Balaban J connectivity index is 1.76. The van der Waals surface area contributed by atoms with Crippen LogP contribution in [0.2, 0.25) is 0 Å². The van der Waals surface area contributed by atoms with E-state index < -0.39 is 12.0 Å². The molecule has 7 heteroatoms. The molecule has 4 nitrogen and oxygen atoms in total. The molecule has 0 amide bonds. The van der Waals surface area contributed by atoms with Crippen LogP contribution in [0.1, 0.15) is 31.7 Å². The number of likely N-dealkylation sites (tertiary alicyclic amines) is 1. The summed E-state index contributed by atoms with van der Waals surface area (Å²) >= 11 is 0. The Morgan fingerprint density at radius 1 is 1.36 bits per heavy atom. The van der Waals surface area contributed by atoms with E-state index in [9.17, 15) is 18.3 Å². The van der Waals surface area contributed by atoms with Crippen LogP contribution in [0.25, 0.3) is 0 Å². The Kier molecular flexibility index (Phi) is 5.27. The molecule has 2 saturated heterocycles. The predicted molar refractivity (Wildman–Crippen MR) is 86.1 cm³/mol. The van der Waals surface area contributed by atoms with Gasteiger partial charge in [0.2, 0.25) is 0 Å². The van der Waals surface area contributed by atoms with Crippen LogP contribution in [0, 0.1) is 5.92 Å². The fourth-order valence-electron chi connectivity index (χ4n) is 3.96. The van der Waals surface area contributed by atoms with Crippen molar-refractivity contribution in [1.82, 2.24) is 4.90 Å². The molecule has 2 aliphatic rings. The third-order valence-electron chi connectivity index (χ3n) is 5.30. The average Bonchev–Trinajstić information content (AvgIpc) is 2.95. The molecule has 0 spiro atoms. The van der Waals surface area contributed by atoms with Crippen molar-refractivity contribution in [3.05, 3.63) is 29.8 Å². The molecule has 3 rings (SSSR count). The lowest BCUT2D eigenvalue weighted by Crippen LogP contribution is -2.52. The summed E-state index contributed by atoms with van der Waals surface area (Å²) in [5.41, 5.74) is -0.309. The molecule has 1 aromatic carbocycles. The number of hydrogen-bond donors (Lipinski definition) is 1. The number of nitrogens with zero attached hydrogens (tertiary/aromatic N) is 1. The van der Waals surface area contributed by atoms with E-state index in [0.29, 0.717) is 31.7 Å². The topological polar surface area (TPSA) is 41.9 Å². The fourth-order valence-corrected chi connectivity index (χ4v) is 3.96. The Morgan fingerprint density at radius 2 is 2.12 bits per heavy atom. The molecule has 1 N–H and O–H groups in total. The Labute approximate surface area is 145 Å². The number of benzene rings is 1. The zero-order valence-corrected chi connectivity index (χ0v) is 14.3. The van der Waals surface area contributed by atoms with Crippen LogP contribution in [0.3, 0.4) is 0 Å². The molecule has 0 bridgehead atoms. The maximum Gasteiger partial charge on any atom is 0.573 e. The van der Waals surface area contributed by atoms with Gasteiger partial charge in [-0.05, 0) is 38.8 Å². The van der Waals surface area contributed by atoms with Gasteiger partial charge in [-0.15, -0.1) is 13.2 Å². The summed E-state index contributed by atoms with van der Waals surface area (Å²) < 4.78 is 47.6. The van der Waals surface area contributed by atoms with E-state index in [2.05, 4.69) is 9.64 Å². The molecular weight excluding hydrogens is 335 g/mol. The summed E-state index contributed by atoms with van der Waals surface area (Å²) in [6.45, 7) is 4.01. The minimum atomic E-state index is -4.71. The first-order valence-corrected chi connectivity index (χ1v) is 8.64. The van der Waals surface area contributed by atoms with E-state index >= 15 is 0 Å². The molecule has 0 radical (unpaired) electrons. The number of aliphatic hydroxyl groups is 1. The smallest absolute Gasteiger partial charge is 0.405 e. The van der Waals surface area contributed by atoms with E-state index in [1.54, 1.807) is 12.1 Å². The van der Waals surface area contributed by atoms with Crippen LogP contribution < -0.4 is 4.74 Å². The number of rotatable bonds is 4. The number of alkyl halides is 3. The van der Waals surface area contributed by atoms with Gasteiger partial charge in [0.05, 0.1) is 12.2 Å². The summed E-state index contributed by atoms with van der Waals surface area (Å²) in [7, 11) is 0. The molecule has 0 unspecified atom stereocenters. The van der Waals surface area contributed by atoms with Crippen LogP contribution in [0.4, 0.5) is 13.2 Å². The van der Waals surface area contributed by atoms with Gasteiger partial charge >= 0.3 is 6.36 Å². The highest BCUT2D eigenvalue weighted by Crippen LogP contribution is 2.37. The van der Waals surface area contributed by atoms with E-state index in [0.717, 1.165) is 19.4 Å². The predicted octanol–water partition coefficient (Wildman–Crippen LogP) is 3.34. The maximum absolute atomic E-state index is 12.6. The third-order valence-corrected chi connectivity index (χ3v) is 5.30. The van der Waals surface area contributed by atoms with Crippen molar-refractivity contribution in [2.45, 2.75) is 50.7 Å². The third kappa shape index (κ3) is 4.46. The molecule has 25 heavy (non-hydrogen) atoms. The fraction of sp³-hybridized carbons (Fsp3) is 0.667. The molecule has 140 valence electrons. The number of hydrogen-bond acceptors (Lipinski definition) is 4. The molecular formula is C18H24F3NO3. The Hall–Kier alpha value is -1.31. The van der Waals surface area contributed by atoms with Gasteiger partial charge in [0, 0.05) is 30.7 Å². The van der Waals surface area contributed by atoms with Crippen LogP contribution in [0.5, 0.6) is 5.75 Å². The second kappa shape index (κ2) is 7.13. The van der Waals surface area contributed by atoms with Crippen molar-refractivity contribution < 1.29 is 27.8 Å². The SMILES string of the molecule is C[C@]1(O)CCOC[C@H]1[C@H]1CCCN1Cc1ccccc1OC(F)(F)F. The average molecular weight is 359 g/mol. The van der Waals surface area contributed by atoms with Gasteiger partial charge in [0.1, 0.15) is 5.75 Å². The van der Waals surface area contributed by atoms with Gasteiger partial charge < -0.3 is 14.6 Å². The van der Waals surface area contributed by atoms with E-state index in [-0.39, 0.29) is 17.7 Å². The van der Waals surface area contributed by atoms with Crippen LogP contribution in [-0.4, -0.2) is 47.8 Å². The lowest BCUT2D eigenvalue weighted by Gasteiger charge is -2.43. The minimum absolute atomic E-state index is 0.0422. The molecule has 3 atom stereocenters. The second-order valence-electron chi connectivity index (χ2n) is 7.12. The summed E-state index contributed by atoms with van der Waals surface area (Å²) in [4.78, 5) is 2.15. The van der Waals surface area contributed by atoms with Crippen molar-refractivity contribution in [3.8, 4) is 5.75 Å². The lowest BCUT2D eigenvalue weighted by atomic mass is 9.79. The van der Waals surface area contributed by atoms with Crippen molar-refractivity contribution in [3.63, 3.8) is 0 Å². The molecule has 2 heterocycles. The first kappa shape index (κ1) is 18.5. The van der Waals surface area contributed by atoms with Gasteiger partial charge in [-0.3, -0.25) is 4.90 Å². The van der Waals surface area contributed by atoms with E-state index in [1.807, 2.05) is 6.92 Å². The van der Waals surface area contributed by atoms with Crippen molar-refractivity contribution in [1.29, 1.82) is 0 Å². The standard InChI is InChI=1S/C18H24F3NO3/c1-17(23)8-10-24-12-14(17)15-6-4-9-22(15)11-13-5-2-3-7-16(13)25-18(19,20)21/h2-3,5,7,14-15,23H,4,6,8-12H2,1H3/t14-,15+,17-/m0/s1. The highest BCUT2D eigenvalue weighted by molar-refractivity contribution is 5.33. The molecule has 0 aromatic heterocycles. The van der Waals surface area contributed by atoms with Crippen molar-refractivity contribution in [2.24, 2.45) is 5.92 Å². The van der Waals surface area contributed by atoms with Gasteiger partial charge in [0.25, 0.3) is 0 Å². The van der Waals surface area contributed by atoms with Gasteiger partial charge in [-0.25, -0.2) is 0 Å². The molecule has 1 aromatic rings. The van der Waals surface area contributed by atoms with Gasteiger partial charge in [0.15, 0.2) is 0 Å². The zero-order valence-electron chi connectivity index (χ0n) is 14.3. The molecule has 2 fully saturated rings. The summed E-state index contributed by atoms with van der Waals surface area (Å²) in [6.07, 6.45) is -2.26. The molecule has 2 aliphatic heterocycles. The Morgan fingerprint density at radius 3 is 2.84 bits per heavy atom. The van der Waals surface area contributed by atoms with Crippen LogP contribution in [-0.2, 0) is 11.3 Å². The highest BCUT2D eigenvalue weighted by atomic mass is 19.4. The first-order valence-electron chi connectivity index (χ1n) is 8.64. The molecule has 0 aliphatic carbocycles. The van der Waals surface area contributed by atoms with Crippen LogP contribution >= 0.6 is 0 Å². The van der Waals surface area contributed by atoms with E-state index in [4.69, 9.17) is 4.74 Å². The van der Waals surface area contributed by atoms with Gasteiger partial charge in [-0.2, -0.15) is 0 Å². The highest BCUT2D eigenvalue weighted by Gasteiger charge is 2.44. The van der Waals surface area contributed by atoms with Gasteiger partial charge in [-0.1, -0.05) is 18.2 Å². The van der Waals surface area contributed by atoms with Crippen LogP contribution in [0.15, 0.2) is 24.3 Å². The number of para-hydroxylation sites is 1. The Bertz CT molecular complexity index is 591. The van der Waals surface area contributed by atoms with Crippen molar-refractivity contribution in [2.75, 3.05) is 19.8 Å². The minimum Gasteiger partial charge on any atom is -0.405 e. The van der Waals surface area contributed by atoms with Crippen molar-refractivity contribution >= 4 is 0 Å². The summed E-state index contributed by atoms with van der Waals surface area (Å²) in [5.74, 6) is -0.202. The summed E-state index contributed by atoms with van der Waals surface area (Å²) in [5, 5.41) is 10.7. The summed E-state index contributed by atoms with van der Waals surface area (Å²) in [6, 6.07) is 6.34. The largest absolute Gasteiger partial charge is 0.573 e. The maximum atomic E-state index is 12.6. The zero-order chi connectivity index (χ0) is 18.1. The lowest BCUT2D eigenvalue weighted by molar-refractivity contribution is -0.275. The number of halogens is 3. The quantitative estimate of drug-likeness (QED) is 0.895. The monoisotopic (exact) mass is 359 g/mol. The molecule has 0 saturated carbocycles. The number of ether oxygens (including phenoxy) is 2. The van der Waals surface area contributed by atoms with E-state index in [1.165, 1.54) is 12.1 Å².